The quantitative estimate of drug-likeness (QED) is 0.727. The summed E-state index contributed by atoms with van der Waals surface area (Å²) < 4.78 is 26.9. The van der Waals surface area contributed by atoms with Gasteiger partial charge in [0.2, 0.25) is 5.75 Å². The third-order valence-electron chi connectivity index (χ3n) is 3.67. The van der Waals surface area contributed by atoms with Crippen LogP contribution in [-0.4, -0.2) is 41.5 Å². The zero-order valence-electron chi connectivity index (χ0n) is 15.1. The lowest BCUT2D eigenvalue weighted by Crippen LogP contribution is -2.14. The molecule has 0 atom stereocenters. The summed E-state index contributed by atoms with van der Waals surface area (Å²) in [4.78, 5) is 12.8. The Balaban J connectivity index is 2.44. The molecule has 26 heavy (non-hydrogen) atoms. The van der Waals surface area contributed by atoms with E-state index in [-0.39, 0.29) is 5.91 Å². The number of hydrogen-bond donors (Lipinski definition) is 1. The molecule has 1 amide bonds. The molecule has 0 saturated heterocycles. The number of methoxy groups -OCH3 is 5. The molecule has 0 bridgehead atoms. The average molecular weight is 426 g/mol. The van der Waals surface area contributed by atoms with Gasteiger partial charge in [-0.2, -0.15) is 0 Å². The highest BCUT2D eigenvalue weighted by Crippen LogP contribution is 2.45. The van der Waals surface area contributed by atoms with E-state index in [4.69, 9.17) is 23.7 Å². The molecule has 0 heterocycles. The monoisotopic (exact) mass is 425 g/mol. The summed E-state index contributed by atoms with van der Waals surface area (Å²) in [6.07, 6.45) is 0. The highest BCUT2D eigenvalue weighted by Gasteiger charge is 2.23. The van der Waals surface area contributed by atoms with Gasteiger partial charge in [-0.25, -0.2) is 0 Å². The molecule has 0 aromatic heterocycles. The maximum Gasteiger partial charge on any atom is 0.257 e. The normalized spacial score (nSPS) is 10.1. The molecule has 0 spiro atoms. The third-order valence-corrected chi connectivity index (χ3v) is 4.46. The fourth-order valence-corrected chi connectivity index (χ4v) is 3.01. The van der Waals surface area contributed by atoms with Gasteiger partial charge in [-0.15, -0.1) is 0 Å². The van der Waals surface area contributed by atoms with Gasteiger partial charge in [0.15, 0.2) is 11.5 Å². The van der Waals surface area contributed by atoms with E-state index in [1.807, 2.05) is 0 Å². The first-order chi connectivity index (χ1) is 12.5. The Labute approximate surface area is 160 Å². The van der Waals surface area contributed by atoms with Crippen LogP contribution in [0.25, 0.3) is 0 Å². The van der Waals surface area contributed by atoms with Gasteiger partial charge in [0.25, 0.3) is 5.91 Å². The molecule has 0 unspecified atom stereocenters. The summed E-state index contributed by atoms with van der Waals surface area (Å²) in [7, 11) is 7.53. The number of rotatable bonds is 7. The van der Waals surface area contributed by atoms with Gasteiger partial charge in [0.1, 0.15) is 11.5 Å². The Morgan fingerprint density at radius 2 is 1.50 bits per heavy atom. The van der Waals surface area contributed by atoms with Crippen molar-refractivity contribution >= 4 is 27.5 Å². The summed E-state index contributed by atoms with van der Waals surface area (Å²) in [6, 6.07) is 6.67. The first kappa shape index (κ1) is 19.7. The molecule has 7 nitrogen and oxygen atoms in total. The molecule has 0 fully saturated rings. The SMILES string of the molecule is COc1ccc(NC(=O)c2cc(OC)c(OC)c(OC)c2Br)c(OC)c1. The van der Waals surface area contributed by atoms with E-state index < -0.39 is 0 Å². The predicted octanol–water partition coefficient (Wildman–Crippen LogP) is 3.74. The number of ether oxygens (including phenoxy) is 5. The molecule has 0 aliphatic heterocycles. The zero-order chi connectivity index (χ0) is 19.3. The molecule has 0 aliphatic rings. The average Bonchev–Trinajstić information content (AvgIpc) is 2.67. The second-order valence-corrected chi connectivity index (χ2v) is 5.82. The molecule has 8 heteroatoms. The van der Waals surface area contributed by atoms with E-state index in [0.29, 0.717) is 44.5 Å². The van der Waals surface area contributed by atoms with Gasteiger partial charge >= 0.3 is 0 Å². The van der Waals surface area contributed by atoms with E-state index in [2.05, 4.69) is 21.2 Å². The summed E-state index contributed by atoms with van der Waals surface area (Å²) in [5.41, 5.74) is 0.816. The topological polar surface area (TPSA) is 75.3 Å². The van der Waals surface area contributed by atoms with Gasteiger partial charge in [-0.1, -0.05) is 0 Å². The van der Waals surface area contributed by atoms with Crippen LogP contribution in [0, 0.1) is 0 Å². The van der Waals surface area contributed by atoms with Crippen LogP contribution in [0.2, 0.25) is 0 Å². The number of carbonyl (C=O) groups is 1. The molecule has 2 rings (SSSR count). The number of carbonyl (C=O) groups excluding carboxylic acids is 1. The van der Waals surface area contributed by atoms with Gasteiger partial charge in [-0.05, 0) is 34.1 Å². The largest absolute Gasteiger partial charge is 0.497 e. The van der Waals surface area contributed by atoms with Crippen molar-refractivity contribution in [3.63, 3.8) is 0 Å². The smallest absolute Gasteiger partial charge is 0.257 e. The lowest BCUT2D eigenvalue weighted by Gasteiger charge is -2.17. The maximum absolute atomic E-state index is 12.8. The van der Waals surface area contributed by atoms with Crippen LogP contribution in [0.15, 0.2) is 28.7 Å². The lowest BCUT2D eigenvalue weighted by atomic mass is 10.1. The van der Waals surface area contributed by atoms with Gasteiger partial charge in [0.05, 0.1) is 51.3 Å². The van der Waals surface area contributed by atoms with E-state index >= 15 is 0 Å². The molecule has 0 saturated carbocycles. The zero-order valence-corrected chi connectivity index (χ0v) is 16.7. The lowest BCUT2D eigenvalue weighted by molar-refractivity contribution is 0.102. The fraction of sp³-hybridized carbons (Fsp3) is 0.278. The minimum atomic E-state index is -0.375. The van der Waals surface area contributed by atoms with Gasteiger partial charge in [-0.3, -0.25) is 4.79 Å². The van der Waals surface area contributed by atoms with Crippen molar-refractivity contribution in [2.75, 3.05) is 40.9 Å². The van der Waals surface area contributed by atoms with Crippen molar-refractivity contribution in [3.8, 4) is 28.7 Å². The van der Waals surface area contributed by atoms with E-state index in [1.54, 1.807) is 31.4 Å². The Morgan fingerprint density at radius 1 is 0.846 bits per heavy atom. The van der Waals surface area contributed by atoms with Crippen LogP contribution in [0.5, 0.6) is 28.7 Å². The van der Waals surface area contributed by atoms with Crippen molar-refractivity contribution in [1.29, 1.82) is 0 Å². The minimum absolute atomic E-state index is 0.317. The first-order valence-electron chi connectivity index (χ1n) is 7.52. The second-order valence-electron chi connectivity index (χ2n) is 5.03. The highest BCUT2D eigenvalue weighted by molar-refractivity contribution is 9.10. The van der Waals surface area contributed by atoms with E-state index in [9.17, 15) is 4.79 Å². The van der Waals surface area contributed by atoms with Crippen LogP contribution in [0.1, 0.15) is 10.4 Å². The number of nitrogens with one attached hydrogen (secondary N) is 1. The van der Waals surface area contributed by atoms with Crippen molar-refractivity contribution < 1.29 is 28.5 Å². The van der Waals surface area contributed by atoms with Crippen molar-refractivity contribution in [2.24, 2.45) is 0 Å². The summed E-state index contributed by atoms with van der Waals surface area (Å²) in [6.45, 7) is 0. The maximum atomic E-state index is 12.8. The second kappa shape index (κ2) is 8.66. The number of hydrogen-bond acceptors (Lipinski definition) is 6. The third kappa shape index (κ3) is 3.80. The van der Waals surface area contributed by atoms with Crippen LogP contribution in [-0.2, 0) is 0 Å². The Kier molecular flexibility index (Phi) is 6.57. The molecular formula is C18H20BrNO6. The standard InChI is InChI=1S/C18H20BrNO6/c1-22-10-6-7-12(13(8-10)23-2)20-18(21)11-9-14(24-3)16(25-4)17(26-5)15(11)19/h6-9H,1-5H3,(H,20,21). The van der Waals surface area contributed by atoms with Crippen molar-refractivity contribution in [3.05, 3.63) is 34.3 Å². The van der Waals surface area contributed by atoms with Gasteiger partial charge in [0, 0.05) is 6.07 Å². The van der Waals surface area contributed by atoms with Crippen LogP contribution >= 0.6 is 15.9 Å². The summed E-state index contributed by atoms with van der Waals surface area (Å²) in [5, 5.41) is 2.81. The number of anilines is 1. The van der Waals surface area contributed by atoms with Crippen LogP contribution in [0.4, 0.5) is 5.69 Å². The first-order valence-corrected chi connectivity index (χ1v) is 8.31. The molecule has 2 aromatic rings. The van der Waals surface area contributed by atoms with Crippen LogP contribution < -0.4 is 29.0 Å². The number of benzene rings is 2. The van der Waals surface area contributed by atoms with Crippen LogP contribution in [0.3, 0.4) is 0 Å². The van der Waals surface area contributed by atoms with Crippen molar-refractivity contribution in [1.82, 2.24) is 0 Å². The van der Waals surface area contributed by atoms with E-state index in [1.165, 1.54) is 28.4 Å². The minimum Gasteiger partial charge on any atom is -0.497 e. The summed E-state index contributed by atoms with van der Waals surface area (Å²) >= 11 is 3.40. The molecular weight excluding hydrogens is 406 g/mol. The predicted molar refractivity (Wildman–Crippen MR) is 101 cm³/mol. The molecule has 0 radical (unpaired) electrons. The molecule has 140 valence electrons. The Bertz CT molecular complexity index is 809. The van der Waals surface area contributed by atoms with Crippen molar-refractivity contribution in [2.45, 2.75) is 0 Å². The Morgan fingerprint density at radius 3 is 2.04 bits per heavy atom. The summed E-state index contributed by atoms with van der Waals surface area (Å²) in [5.74, 6) is 1.84. The number of halogens is 1. The highest BCUT2D eigenvalue weighted by atomic mass is 79.9. The number of amides is 1. The molecule has 2 aromatic carbocycles. The molecule has 1 N–H and O–H groups in total. The Hall–Kier alpha value is -2.61. The fourth-order valence-electron chi connectivity index (χ4n) is 2.38. The molecule has 0 aliphatic carbocycles. The van der Waals surface area contributed by atoms with Gasteiger partial charge < -0.3 is 29.0 Å². The van der Waals surface area contributed by atoms with E-state index in [0.717, 1.165) is 0 Å².